The topological polar surface area (TPSA) is 28.2 Å². The first-order valence-corrected chi connectivity index (χ1v) is 6.32. The fraction of sp³-hybridized carbons (Fsp3) is 0.267. The average molecular weight is 239 g/mol. The normalized spacial score (nSPS) is 13.5. The summed E-state index contributed by atoms with van der Waals surface area (Å²) in [6.45, 7) is 1.97. The van der Waals surface area contributed by atoms with Gasteiger partial charge in [0, 0.05) is 31.2 Å². The number of hydrogen-bond donors (Lipinski definition) is 1. The van der Waals surface area contributed by atoms with Gasteiger partial charge in [0.1, 0.15) is 0 Å². The maximum atomic E-state index is 4.44. The van der Waals surface area contributed by atoms with Gasteiger partial charge < -0.3 is 10.2 Å². The number of benzene rings is 1. The van der Waals surface area contributed by atoms with Crippen LogP contribution in [0.1, 0.15) is 11.3 Å². The van der Waals surface area contributed by atoms with Gasteiger partial charge in [-0.15, -0.1) is 0 Å². The molecule has 1 aromatic carbocycles. The molecule has 92 valence electrons. The zero-order valence-electron chi connectivity index (χ0n) is 10.6. The number of hydrogen-bond acceptors (Lipinski definition) is 3. The number of aromatic nitrogens is 1. The summed E-state index contributed by atoms with van der Waals surface area (Å²) in [5.74, 6) is 0. The third kappa shape index (κ3) is 2.04. The van der Waals surface area contributed by atoms with Crippen LogP contribution >= 0.6 is 0 Å². The molecule has 0 bridgehead atoms. The molecule has 3 rings (SSSR count). The maximum Gasteiger partial charge on any atom is 0.0617 e. The van der Waals surface area contributed by atoms with Crippen LogP contribution in [-0.2, 0) is 13.0 Å². The highest BCUT2D eigenvalue weighted by molar-refractivity contribution is 5.58. The third-order valence-electron chi connectivity index (χ3n) is 3.44. The molecule has 0 unspecified atom stereocenters. The SMILES string of the molecule is CNc1ccnc(CN2CCc3ccccc32)c1. The van der Waals surface area contributed by atoms with Gasteiger partial charge in [-0.1, -0.05) is 18.2 Å². The van der Waals surface area contributed by atoms with Crippen LogP contribution in [-0.4, -0.2) is 18.6 Å². The molecule has 0 atom stereocenters. The Morgan fingerprint density at radius 1 is 1.28 bits per heavy atom. The summed E-state index contributed by atoms with van der Waals surface area (Å²) < 4.78 is 0. The van der Waals surface area contributed by atoms with E-state index in [1.54, 1.807) is 0 Å². The molecular weight excluding hydrogens is 222 g/mol. The second-order valence-electron chi connectivity index (χ2n) is 4.59. The number of fused-ring (bicyclic) bond motifs is 1. The van der Waals surface area contributed by atoms with E-state index in [0.717, 1.165) is 30.9 Å². The first kappa shape index (κ1) is 11.1. The molecule has 0 amide bonds. The molecule has 0 saturated carbocycles. The Morgan fingerprint density at radius 2 is 2.17 bits per heavy atom. The second-order valence-corrected chi connectivity index (χ2v) is 4.59. The Morgan fingerprint density at radius 3 is 3.06 bits per heavy atom. The quantitative estimate of drug-likeness (QED) is 0.892. The monoisotopic (exact) mass is 239 g/mol. The van der Waals surface area contributed by atoms with E-state index in [0.29, 0.717) is 0 Å². The standard InChI is InChI=1S/C15H17N3/c1-16-13-6-8-17-14(10-13)11-18-9-7-12-4-2-3-5-15(12)18/h2-6,8,10H,7,9,11H2,1H3,(H,16,17). The molecular formula is C15H17N3. The molecule has 0 spiro atoms. The lowest BCUT2D eigenvalue weighted by Crippen LogP contribution is -2.20. The van der Waals surface area contributed by atoms with Crippen molar-refractivity contribution in [1.82, 2.24) is 4.98 Å². The van der Waals surface area contributed by atoms with Gasteiger partial charge in [-0.2, -0.15) is 0 Å². The molecule has 0 saturated heterocycles. The zero-order chi connectivity index (χ0) is 12.4. The van der Waals surface area contributed by atoms with E-state index in [4.69, 9.17) is 0 Å². The van der Waals surface area contributed by atoms with Crippen LogP contribution in [0.2, 0.25) is 0 Å². The largest absolute Gasteiger partial charge is 0.388 e. The van der Waals surface area contributed by atoms with Gasteiger partial charge >= 0.3 is 0 Å². The van der Waals surface area contributed by atoms with E-state index in [9.17, 15) is 0 Å². The Hall–Kier alpha value is -2.03. The molecule has 1 aliphatic heterocycles. The van der Waals surface area contributed by atoms with Crippen molar-refractivity contribution in [3.05, 3.63) is 53.9 Å². The number of nitrogens with zero attached hydrogens (tertiary/aromatic N) is 2. The number of anilines is 2. The van der Waals surface area contributed by atoms with Crippen molar-refractivity contribution in [2.75, 3.05) is 23.8 Å². The Bertz CT molecular complexity index is 551. The number of para-hydroxylation sites is 1. The summed E-state index contributed by atoms with van der Waals surface area (Å²) in [5.41, 5.74) is 5.03. The minimum absolute atomic E-state index is 0.881. The highest BCUT2D eigenvalue weighted by Gasteiger charge is 2.18. The summed E-state index contributed by atoms with van der Waals surface area (Å²) in [6, 6.07) is 12.7. The van der Waals surface area contributed by atoms with Crippen LogP contribution in [0.4, 0.5) is 11.4 Å². The number of pyridine rings is 1. The fourth-order valence-electron chi connectivity index (χ4n) is 2.49. The molecule has 1 aromatic heterocycles. The molecule has 18 heavy (non-hydrogen) atoms. The van der Waals surface area contributed by atoms with E-state index in [1.807, 2.05) is 19.3 Å². The summed E-state index contributed by atoms with van der Waals surface area (Å²) in [7, 11) is 1.93. The van der Waals surface area contributed by atoms with Crippen molar-refractivity contribution >= 4 is 11.4 Å². The van der Waals surface area contributed by atoms with E-state index < -0.39 is 0 Å². The van der Waals surface area contributed by atoms with Gasteiger partial charge in [-0.05, 0) is 30.2 Å². The smallest absolute Gasteiger partial charge is 0.0617 e. The predicted octanol–water partition coefficient (Wildman–Crippen LogP) is 2.69. The fourth-order valence-corrected chi connectivity index (χ4v) is 2.49. The summed E-state index contributed by atoms with van der Waals surface area (Å²) >= 11 is 0. The van der Waals surface area contributed by atoms with E-state index >= 15 is 0 Å². The second kappa shape index (κ2) is 4.69. The zero-order valence-corrected chi connectivity index (χ0v) is 10.6. The average Bonchev–Trinajstić information content (AvgIpc) is 2.83. The number of rotatable bonds is 3. The Labute approximate surface area is 107 Å². The van der Waals surface area contributed by atoms with Gasteiger partial charge in [-0.3, -0.25) is 4.98 Å². The molecule has 2 heterocycles. The van der Waals surface area contributed by atoms with Crippen molar-refractivity contribution < 1.29 is 0 Å². The first-order chi connectivity index (χ1) is 8.86. The van der Waals surface area contributed by atoms with E-state index in [-0.39, 0.29) is 0 Å². The van der Waals surface area contributed by atoms with Crippen LogP contribution in [0.3, 0.4) is 0 Å². The van der Waals surface area contributed by atoms with Gasteiger partial charge in [0.2, 0.25) is 0 Å². The maximum absolute atomic E-state index is 4.44. The van der Waals surface area contributed by atoms with Crippen LogP contribution in [0.25, 0.3) is 0 Å². The summed E-state index contributed by atoms with van der Waals surface area (Å²) in [6.07, 6.45) is 3.00. The van der Waals surface area contributed by atoms with Gasteiger partial charge in [0.25, 0.3) is 0 Å². The molecule has 3 heteroatoms. The van der Waals surface area contributed by atoms with E-state index in [1.165, 1.54) is 11.3 Å². The molecule has 1 N–H and O–H groups in total. The third-order valence-corrected chi connectivity index (χ3v) is 3.44. The summed E-state index contributed by atoms with van der Waals surface area (Å²) in [5, 5.41) is 3.15. The van der Waals surface area contributed by atoms with Crippen molar-refractivity contribution in [1.29, 1.82) is 0 Å². The molecule has 0 fully saturated rings. The van der Waals surface area contributed by atoms with Crippen LogP contribution in [0, 0.1) is 0 Å². The lowest BCUT2D eigenvalue weighted by molar-refractivity contribution is 0.815. The predicted molar refractivity (Wildman–Crippen MR) is 75.0 cm³/mol. The van der Waals surface area contributed by atoms with Crippen molar-refractivity contribution in [2.24, 2.45) is 0 Å². The Kier molecular flexibility index (Phi) is 2.89. The first-order valence-electron chi connectivity index (χ1n) is 6.32. The van der Waals surface area contributed by atoms with Crippen LogP contribution < -0.4 is 10.2 Å². The highest BCUT2D eigenvalue weighted by Crippen LogP contribution is 2.28. The van der Waals surface area contributed by atoms with E-state index in [2.05, 4.69) is 45.5 Å². The van der Waals surface area contributed by atoms with Crippen molar-refractivity contribution in [3.63, 3.8) is 0 Å². The van der Waals surface area contributed by atoms with Crippen molar-refractivity contribution in [3.8, 4) is 0 Å². The van der Waals surface area contributed by atoms with Gasteiger partial charge in [0.15, 0.2) is 0 Å². The van der Waals surface area contributed by atoms with Gasteiger partial charge in [0.05, 0.1) is 12.2 Å². The minimum atomic E-state index is 0.881. The van der Waals surface area contributed by atoms with Crippen molar-refractivity contribution in [2.45, 2.75) is 13.0 Å². The lowest BCUT2D eigenvalue weighted by Gasteiger charge is -2.19. The highest BCUT2D eigenvalue weighted by atomic mass is 15.2. The molecule has 1 aliphatic rings. The lowest BCUT2D eigenvalue weighted by atomic mass is 10.2. The molecule has 2 aromatic rings. The molecule has 3 nitrogen and oxygen atoms in total. The minimum Gasteiger partial charge on any atom is -0.388 e. The molecule has 0 aliphatic carbocycles. The number of nitrogens with one attached hydrogen (secondary N) is 1. The van der Waals surface area contributed by atoms with Crippen LogP contribution in [0.15, 0.2) is 42.6 Å². The van der Waals surface area contributed by atoms with Crippen LogP contribution in [0.5, 0.6) is 0 Å². The van der Waals surface area contributed by atoms with Gasteiger partial charge in [-0.25, -0.2) is 0 Å². The Balaban J connectivity index is 1.82. The molecule has 0 radical (unpaired) electrons. The summed E-state index contributed by atoms with van der Waals surface area (Å²) in [4.78, 5) is 6.84.